The Morgan fingerprint density at radius 1 is 1.41 bits per heavy atom. The van der Waals surface area contributed by atoms with Gasteiger partial charge in [0.1, 0.15) is 0 Å². The SMILES string of the molecule is CC1CCCN1Cc1cccc2c1NCC2.Cl. The number of hydrogen-bond acceptors (Lipinski definition) is 2. The van der Waals surface area contributed by atoms with Gasteiger partial charge in [0.15, 0.2) is 0 Å². The van der Waals surface area contributed by atoms with Crippen LogP contribution in [0.15, 0.2) is 18.2 Å². The van der Waals surface area contributed by atoms with E-state index < -0.39 is 0 Å². The average molecular weight is 253 g/mol. The van der Waals surface area contributed by atoms with Crippen LogP contribution in [0, 0.1) is 0 Å². The zero-order chi connectivity index (χ0) is 11.0. The van der Waals surface area contributed by atoms with Crippen LogP contribution < -0.4 is 5.32 Å². The molecule has 0 bridgehead atoms. The summed E-state index contributed by atoms with van der Waals surface area (Å²) in [6.07, 6.45) is 3.92. The molecule has 1 atom stereocenters. The zero-order valence-electron chi connectivity index (χ0n) is 10.4. The van der Waals surface area contributed by atoms with Crippen molar-refractivity contribution >= 4 is 18.1 Å². The molecule has 2 aliphatic rings. The first kappa shape index (κ1) is 12.7. The minimum Gasteiger partial charge on any atom is -0.384 e. The maximum atomic E-state index is 3.53. The van der Waals surface area contributed by atoms with Gasteiger partial charge in [-0.2, -0.15) is 0 Å². The summed E-state index contributed by atoms with van der Waals surface area (Å²) in [6, 6.07) is 7.51. The molecule has 2 heterocycles. The third-order valence-electron chi connectivity index (χ3n) is 4.00. The van der Waals surface area contributed by atoms with E-state index in [9.17, 15) is 0 Å². The summed E-state index contributed by atoms with van der Waals surface area (Å²) in [5, 5.41) is 3.53. The largest absolute Gasteiger partial charge is 0.384 e. The molecule has 0 aliphatic carbocycles. The first-order chi connectivity index (χ1) is 7.84. The maximum Gasteiger partial charge on any atom is 0.0419 e. The molecule has 1 unspecified atom stereocenters. The predicted molar refractivity (Wildman–Crippen MR) is 75.0 cm³/mol. The van der Waals surface area contributed by atoms with Gasteiger partial charge >= 0.3 is 0 Å². The van der Waals surface area contributed by atoms with Gasteiger partial charge in [0, 0.05) is 24.8 Å². The van der Waals surface area contributed by atoms with Crippen molar-refractivity contribution in [3.8, 4) is 0 Å². The molecule has 2 nitrogen and oxygen atoms in total. The van der Waals surface area contributed by atoms with Crippen LogP contribution in [0.5, 0.6) is 0 Å². The first-order valence-corrected chi connectivity index (χ1v) is 6.43. The van der Waals surface area contributed by atoms with E-state index in [1.165, 1.54) is 42.6 Å². The molecular formula is C14H21ClN2. The molecule has 1 aromatic carbocycles. The number of para-hydroxylation sites is 1. The minimum absolute atomic E-state index is 0. The number of rotatable bonds is 2. The highest BCUT2D eigenvalue weighted by molar-refractivity contribution is 5.85. The molecule has 0 saturated carbocycles. The Hall–Kier alpha value is -0.730. The normalized spacial score (nSPS) is 23.0. The second-order valence-corrected chi connectivity index (χ2v) is 5.09. The van der Waals surface area contributed by atoms with E-state index in [4.69, 9.17) is 0 Å². The molecule has 94 valence electrons. The Labute approximate surface area is 110 Å². The predicted octanol–water partition coefficient (Wildman–Crippen LogP) is 3.06. The standard InChI is InChI=1S/C14H20N2.ClH/c1-11-4-3-9-16(11)10-13-6-2-5-12-7-8-15-14(12)13;/h2,5-6,11,15H,3-4,7-10H2,1H3;1H. The lowest BCUT2D eigenvalue weighted by atomic mass is 10.1. The van der Waals surface area contributed by atoms with Gasteiger partial charge in [0.05, 0.1) is 0 Å². The molecular weight excluding hydrogens is 232 g/mol. The minimum atomic E-state index is 0. The number of halogens is 1. The van der Waals surface area contributed by atoms with Crippen LogP contribution in [0.25, 0.3) is 0 Å². The topological polar surface area (TPSA) is 15.3 Å². The van der Waals surface area contributed by atoms with Gasteiger partial charge < -0.3 is 5.32 Å². The molecule has 1 N–H and O–H groups in total. The second-order valence-electron chi connectivity index (χ2n) is 5.09. The molecule has 3 heteroatoms. The Morgan fingerprint density at radius 3 is 3.06 bits per heavy atom. The Morgan fingerprint density at radius 2 is 2.29 bits per heavy atom. The molecule has 1 fully saturated rings. The highest BCUT2D eigenvalue weighted by atomic mass is 35.5. The quantitative estimate of drug-likeness (QED) is 0.870. The van der Waals surface area contributed by atoms with Crippen LogP contribution in [-0.4, -0.2) is 24.0 Å². The number of fused-ring (bicyclic) bond motifs is 1. The monoisotopic (exact) mass is 252 g/mol. The van der Waals surface area contributed by atoms with Crippen LogP contribution in [-0.2, 0) is 13.0 Å². The summed E-state index contributed by atoms with van der Waals surface area (Å²) in [5.41, 5.74) is 4.41. The summed E-state index contributed by atoms with van der Waals surface area (Å²) >= 11 is 0. The molecule has 2 aliphatic heterocycles. The van der Waals surface area contributed by atoms with Gasteiger partial charge in [-0.3, -0.25) is 4.90 Å². The summed E-state index contributed by atoms with van der Waals surface area (Å²) in [4.78, 5) is 2.61. The first-order valence-electron chi connectivity index (χ1n) is 6.43. The van der Waals surface area contributed by atoms with Crippen molar-refractivity contribution < 1.29 is 0 Å². The second kappa shape index (κ2) is 5.28. The fourth-order valence-electron chi connectivity index (χ4n) is 2.99. The van der Waals surface area contributed by atoms with E-state index >= 15 is 0 Å². The van der Waals surface area contributed by atoms with E-state index in [1.807, 2.05) is 0 Å². The summed E-state index contributed by atoms with van der Waals surface area (Å²) in [6.45, 7) is 5.85. The van der Waals surface area contributed by atoms with E-state index in [2.05, 4.69) is 35.3 Å². The van der Waals surface area contributed by atoms with Crippen molar-refractivity contribution in [3.05, 3.63) is 29.3 Å². The van der Waals surface area contributed by atoms with Crippen LogP contribution in [0.1, 0.15) is 30.9 Å². The number of hydrogen-bond donors (Lipinski definition) is 1. The fourth-order valence-corrected chi connectivity index (χ4v) is 2.99. The zero-order valence-corrected chi connectivity index (χ0v) is 11.2. The number of nitrogens with one attached hydrogen (secondary N) is 1. The van der Waals surface area contributed by atoms with Crippen molar-refractivity contribution in [1.82, 2.24) is 4.90 Å². The van der Waals surface area contributed by atoms with E-state index in [0.29, 0.717) is 0 Å². The molecule has 3 rings (SSSR count). The molecule has 1 saturated heterocycles. The number of likely N-dealkylation sites (tertiary alicyclic amines) is 1. The molecule has 1 aromatic rings. The maximum absolute atomic E-state index is 3.53. The lowest BCUT2D eigenvalue weighted by Crippen LogP contribution is -2.26. The highest BCUT2D eigenvalue weighted by Gasteiger charge is 2.22. The molecule has 0 amide bonds. The van der Waals surface area contributed by atoms with E-state index in [1.54, 1.807) is 0 Å². The third-order valence-corrected chi connectivity index (χ3v) is 4.00. The summed E-state index contributed by atoms with van der Waals surface area (Å²) in [5.74, 6) is 0. The van der Waals surface area contributed by atoms with Crippen molar-refractivity contribution in [2.75, 3.05) is 18.4 Å². The van der Waals surface area contributed by atoms with Gasteiger partial charge in [-0.05, 0) is 43.9 Å². The molecule has 17 heavy (non-hydrogen) atoms. The van der Waals surface area contributed by atoms with Crippen molar-refractivity contribution in [3.63, 3.8) is 0 Å². The number of anilines is 1. The molecule has 0 aromatic heterocycles. The van der Waals surface area contributed by atoms with Gasteiger partial charge in [0.25, 0.3) is 0 Å². The van der Waals surface area contributed by atoms with E-state index in [-0.39, 0.29) is 12.4 Å². The van der Waals surface area contributed by atoms with Gasteiger partial charge in [-0.15, -0.1) is 12.4 Å². The van der Waals surface area contributed by atoms with Crippen molar-refractivity contribution in [2.24, 2.45) is 0 Å². The fraction of sp³-hybridized carbons (Fsp3) is 0.571. The lowest BCUT2D eigenvalue weighted by molar-refractivity contribution is 0.261. The van der Waals surface area contributed by atoms with Crippen molar-refractivity contribution in [2.45, 2.75) is 38.8 Å². The number of benzene rings is 1. The molecule has 0 spiro atoms. The Bertz CT molecular complexity index is 392. The lowest BCUT2D eigenvalue weighted by Gasteiger charge is -2.22. The molecule has 0 radical (unpaired) electrons. The summed E-state index contributed by atoms with van der Waals surface area (Å²) < 4.78 is 0. The Balaban J connectivity index is 0.00000108. The van der Waals surface area contributed by atoms with Gasteiger partial charge in [-0.25, -0.2) is 0 Å². The van der Waals surface area contributed by atoms with Crippen LogP contribution in [0.2, 0.25) is 0 Å². The number of nitrogens with zero attached hydrogens (tertiary/aromatic N) is 1. The van der Waals surface area contributed by atoms with Crippen LogP contribution >= 0.6 is 12.4 Å². The van der Waals surface area contributed by atoms with Crippen molar-refractivity contribution in [1.29, 1.82) is 0 Å². The van der Waals surface area contributed by atoms with Gasteiger partial charge in [-0.1, -0.05) is 18.2 Å². The highest BCUT2D eigenvalue weighted by Crippen LogP contribution is 2.29. The van der Waals surface area contributed by atoms with E-state index in [0.717, 1.165) is 19.1 Å². The smallest absolute Gasteiger partial charge is 0.0419 e. The third kappa shape index (κ3) is 2.43. The van der Waals surface area contributed by atoms with Gasteiger partial charge in [0.2, 0.25) is 0 Å². The average Bonchev–Trinajstić information content (AvgIpc) is 2.89. The summed E-state index contributed by atoms with van der Waals surface area (Å²) in [7, 11) is 0. The Kier molecular flexibility index (Phi) is 3.95. The van der Waals surface area contributed by atoms with Crippen LogP contribution in [0.4, 0.5) is 5.69 Å². The van der Waals surface area contributed by atoms with Crippen LogP contribution in [0.3, 0.4) is 0 Å².